The Labute approximate surface area is 106 Å². The molecule has 0 N–H and O–H groups in total. The highest BCUT2D eigenvalue weighted by Crippen LogP contribution is 2.33. The number of anilines is 1. The average molecular weight is 248 g/mol. The van der Waals surface area contributed by atoms with Gasteiger partial charge in [-0.2, -0.15) is 5.10 Å². The quantitative estimate of drug-likeness (QED) is 0.736. The van der Waals surface area contributed by atoms with Crippen LogP contribution in [0.3, 0.4) is 0 Å². The highest BCUT2D eigenvalue weighted by Gasteiger charge is 2.48. The van der Waals surface area contributed by atoms with Gasteiger partial charge in [0.25, 0.3) is 0 Å². The van der Waals surface area contributed by atoms with Crippen LogP contribution in [0.15, 0.2) is 12.1 Å². The van der Waals surface area contributed by atoms with E-state index in [2.05, 4.69) is 15.1 Å². The molecule has 0 aliphatic carbocycles. The molecular formula is C12H16N4O2. The molecule has 96 valence electrons. The molecule has 1 unspecified atom stereocenters. The average Bonchev–Trinajstić information content (AvgIpc) is 2.85. The summed E-state index contributed by atoms with van der Waals surface area (Å²) in [5.74, 6) is 0.850. The maximum Gasteiger partial charge on any atom is 0.410 e. The highest BCUT2D eigenvalue weighted by atomic mass is 16.6. The maximum atomic E-state index is 11.5. The smallest absolute Gasteiger partial charge is 0.410 e. The lowest BCUT2D eigenvalue weighted by molar-refractivity contribution is 0.0741. The van der Waals surface area contributed by atoms with Crippen LogP contribution in [0, 0.1) is 6.92 Å². The third kappa shape index (κ3) is 1.77. The molecule has 1 atom stereocenters. The lowest BCUT2D eigenvalue weighted by Crippen LogP contribution is -2.37. The summed E-state index contributed by atoms with van der Waals surface area (Å²) in [4.78, 5) is 15.2. The van der Waals surface area contributed by atoms with Crippen molar-refractivity contribution in [1.29, 1.82) is 0 Å². The molecule has 6 nitrogen and oxygen atoms in total. The first-order valence-corrected chi connectivity index (χ1v) is 6.07. The second kappa shape index (κ2) is 3.83. The van der Waals surface area contributed by atoms with E-state index in [9.17, 15) is 4.79 Å². The number of aromatic nitrogens is 2. The zero-order valence-corrected chi connectivity index (χ0v) is 10.6. The Morgan fingerprint density at radius 3 is 2.78 bits per heavy atom. The monoisotopic (exact) mass is 248 g/mol. The molecule has 1 aromatic rings. The largest absolute Gasteiger partial charge is 0.439 e. The van der Waals surface area contributed by atoms with Crippen molar-refractivity contribution in [2.24, 2.45) is 0 Å². The van der Waals surface area contributed by atoms with Crippen LogP contribution in [0.2, 0.25) is 0 Å². The number of ether oxygens (including phenoxy) is 1. The molecular weight excluding hydrogens is 232 g/mol. The zero-order valence-electron chi connectivity index (χ0n) is 10.6. The number of aryl methyl sites for hydroxylation is 1. The van der Waals surface area contributed by atoms with Gasteiger partial charge in [0.2, 0.25) is 0 Å². The lowest BCUT2D eigenvalue weighted by atomic mass is 10.0. The second-order valence-electron chi connectivity index (χ2n) is 5.11. The minimum atomic E-state index is -0.363. The fourth-order valence-corrected chi connectivity index (χ4v) is 2.61. The Bertz CT molecular complexity index is 475. The predicted molar refractivity (Wildman–Crippen MR) is 65.4 cm³/mol. The van der Waals surface area contributed by atoms with Gasteiger partial charge in [-0.05, 0) is 19.1 Å². The SMILES string of the molecule is Cc1ccc(N2CCC3(CN(C)C(=O)O3)C2)nn1. The minimum Gasteiger partial charge on any atom is -0.439 e. The Morgan fingerprint density at radius 2 is 2.17 bits per heavy atom. The Kier molecular flexibility index (Phi) is 2.39. The molecule has 0 saturated carbocycles. The number of carbonyl (C=O) groups is 1. The summed E-state index contributed by atoms with van der Waals surface area (Å²) in [6.45, 7) is 4.11. The molecule has 1 aromatic heterocycles. The molecule has 3 rings (SSSR count). The van der Waals surface area contributed by atoms with E-state index < -0.39 is 0 Å². The van der Waals surface area contributed by atoms with Crippen LogP contribution in [0.5, 0.6) is 0 Å². The van der Waals surface area contributed by atoms with Crippen molar-refractivity contribution in [3.63, 3.8) is 0 Å². The molecule has 0 aromatic carbocycles. The molecule has 1 spiro atoms. The van der Waals surface area contributed by atoms with Crippen LogP contribution in [0.25, 0.3) is 0 Å². The van der Waals surface area contributed by atoms with Crippen molar-refractivity contribution in [2.45, 2.75) is 18.9 Å². The zero-order chi connectivity index (χ0) is 12.8. The van der Waals surface area contributed by atoms with Crippen LogP contribution in [0.1, 0.15) is 12.1 Å². The van der Waals surface area contributed by atoms with E-state index in [1.54, 1.807) is 11.9 Å². The summed E-state index contributed by atoms with van der Waals surface area (Å²) in [7, 11) is 1.77. The van der Waals surface area contributed by atoms with Crippen LogP contribution in [-0.2, 0) is 4.74 Å². The molecule has 6 heteroatoms. The molecule has 3 heterocycles. The lowest BCUT2D eigenvalue weighted by Gasteiger charge is -2.21. The fraction of sp³-hybridized carbons (Fsp3) is 0.583. The van der Waals surface area contributed by atoms with E-state index in [1.807, 2.05) is 19.1 Å². The number of hydrogen-bond acceptors (Lipinski definition) is 5. The Balaban J connectivity index is 1.76. The molecule has 1 amide bonds. The molecule has 0 bridgehead atoms. The van der Waals surface area contributed by atoms with Gasteiger partial charge in [0, 0.05) is 20.0 Å². The van der Waals surface area contributed by atoms with Crippen LogP contribution < -0.4 is 4.90 Å². The van der Waals surface area contributed by atoms with Crippen molar-refractivity contribution in [3.8, 4) is 0 Å². The van der Waals surface area contributed by atoms with E-state index in [1.165, 1.54) is 0 Å². The fourth-order valence-electron chi connectivity index (χ4n) is 2.61. The van der Waals surface area contributed by atoms with Gasteiger partial charge in [0.1, 0.15) is 0 Å². The Morgan fingerprint density at radius 1 is 1.33 bits per heavy atom. The first-order chi connectivity index (χ1) is 8.58. The van der Waals surface area contributed by atoms with E-state index in [0.717, 1.165) is 24.5 Å². The molecule has 2 saturated heterocycles. The van der Waals surface area contributed by atoms with Crippen LogP contribution in [-0.4, -0.2) is 53.5 Å². The molecule has 2 aliphatic rings. The van der Waals surface area contributed by atoms with Gasteiger partial charge in [-0.15, -0.1) is 5.10 Å². The number of hydrogen-bond donors (Lipinski definition) is 0. The first-order valence-electron chi connectivity index (χ1n) is 6.07. The molecule has 0 radical (unpaired) electrons. The summed E-state index contributed by atoms with van der Waals surface area (Å²) in [6, 6.07) is 3.90. The highest BCUT2D eigenvalue weighted by molar-refractivity contribution is 5.70. The van der Waals surface area contributed by atoms with Gasteiger partial charge < -0.3 is 14.5 Å². The minimum absolute atomic E-state index is 0.230. The van der Waals surface area contributed by atoms with Gasteiger partial charge in [0.15, 0.2) is 11.4 Å². The topological polar surface area (TPSA) is 58.6 Å². The normalized spacial score (nSPS) is 27.1. The van der Waals surface area contributed by atoms with Gasteiger partial charge >= 0.3 is 6.09 Å². The van der Waals surface area contributed by atoms with Crippen molar-refractivity contribution in [1.82, 2.24) is 15.1 Å². The summed E-state index contributed by atoms with van der Waals surface area (Å²) in [5, 5.41) is 8.23. The Hall–Kier alpha value is -1.85. The summed E-state index contributed by atoms with van der Waals surface area (Å²) >= 11 is 0. The van der Waals surface area contributed by atoms with Crippen molar-refractivity contribution in [3.05, 3.63) is 17.8 Å². The number of amides is 1. The van der Waals surface area contributed by atoms with Gasteiger partial charge in [0.05, 0.1) is 18.8 Å². The summed E-state index contributed by atoms with van der Waals surface area (Å²) < 4.78 is 5.49. The third-order valence-corrected chi connectivity index (χ3v) is 3.56. The van der Waals surface area contributed by atoms with E-state index in [0.29, 0.717) is 13.1 Å². The van der Waals surface area contributed by atoms with E-state index in [4.69, 9.17) is 4.74 Å². The molecule has 2 aliphatic heterocycles. The van der Waals surface area contributed by atoms with Gasteiger partial charge in [-0.3, -0.25) is 0 Å². The summed E-state index contributed by atoms with van der Waals surface area (Å²) in [6.07, 6.45) is 0.616. The number of rotatable bonds is 1. The molecule has 2 fully saturated rings. The van der Waals surface area contributed by atoms with Gasteiger partial charge in [-0.1, -0.05) is 0 Å². The van der Waals surface area contributed by atoms with E-state index >= 15 is 0 Å². The van der Waals surface area contributed by atoms with Crippen molar-refractivity contribution in [2.75, 3.05) is 31.6 Å². The number of likely N-dealkylation sites (N-methyl/N-ethyl adjacent to an activating group) is 1. The third-order valence-electron chi connectivity index (χ3n) is 3.56. The van der Waals surface area contributed by atoms with Crippen molar-refractivity contribution < 1.29 is 9.53 Å². The van der Waals surface area contributed by atoms with Crippen LogP contribution in [0.4, 0.5) is 10.6 Å². The summed E-state index contributed by atoms with van der Waals surface area (Å²) in [5.41, 5.74) is 0.540. The first kappa shape index (κ1) is 11.3. The maximum absolute atomic E-state index is 11.5. The van der Waals surface area contributed by atoms with Crippen molar-refractivity contribution >= 4 is 11.9 Å². The van der Waals surface area contributed by atoms with E-state index in [-0.39, 0.29) is 11.7 Å². The molecule has 18 heavy (non-hydrogen) atoms. The van der Waals surface area contributed by atoms with Crippen LogP contribution >= 0.6 is 0 Å². The number of nitrogens with zero attached hydrogens (tertiary/aromatic N) is 4. The number of carbonyl (C=O) groups excluding carboxylic acids is 1. The standard InChI is InChI=1S/C12H16N4O2/c1-9-3-4-10(14-13-9)16-6-5-12(8-16)7-15(2)11(17)18-12/h3-4H,5-8H2,1-2H3. The van der Waals surface area contributed by atoms with Gasteiger partial charge in [-0.25, -0.2) is 4.79 Å². The predicted octanol–water partition coefficient (Wildman–Crippen LogP) is 0.816. The second-order valence-corrected chi connectivity index (χ2v) is 5.11.